The molecule has 0 amide bonds. The van der Waals surface area contributed by atoms with Crippen LogP contribution in [0.5, 0.6) is 0 Å². The smallest absolute Gasteiger partial charge is 0.240 e. The lowest BCUT2D eigenvalue weighted by atomic mass is 9.99. The molecule has 0 spiro atoms. The molecule has 17 heavy (non-hydrogen) atoms. The van der Waals surface area contributed by atoms with Crippen molar-refractivity contribution in [3.8, 4) is 0 Å². The fourth-order valence-electron chi connectivity index (χ4n) is 2.21. The predicted octanol–water partition coefficient (Wildman–Crippen LogP) is 1.57. The van der Waals surface area contributed by atoms with Crippen LogP contribution >= 0.6 is 0 Å². The largest absolute Gasteiger partial charge is 0.370 e. The lowest BCUT2D eigenvalue weighted by Crippen LogP contribution is -2.34. The molecule has 0 aromatic heterocycles. The van der Waals surface area contributed by atoms with Gasteiger partial charge in [0.15, 0.2) is 0 Å². The first-order valence-corrected chi connectivity index (χ1v) is 7.40. The summed E-state index contributed by atoms with van der Waals surface area (Å²) < 4.78 is 23.0. The summed E-state index contributed by atoms with van der Waals surface area (Å²) in [6.45, 7) is 4.02. The van der Waals surface area contributed by atoms with Crippen LogP contribution in [0.1, 0.15) is 19.8 Å². The maximum Gasteiger partial charge on any atom is 0.240 e. The molecule has 4 nitrogen and oxygen atoms in total. The monoisotopic (exact) mass is 254 g/mol. The summed E-state index contributed by atoms with van der Waals surface area (Å²) >= 11 is 0. The van der Waals surface area contributed by atoms with Gasteiger partial charge in [0.1, 0.15) is 4.90 Å². The fraction of sp³-hybridized carbons (Fsp3) is 0.500. The lowest BCUT2D eigenvalue weighted by Gasteiger charge is -2.33. The van der Waals surface area contributed by atoms with E-state index in [1.807, 2.05) is 12.1 Å². The van der Waals surface area contributed by atoms with Gasteiger partial charge in [-0.25, -0.2) is 13.6 Å². The molecule has 0 aliphatic carbocycles. The molecule has 0 bridgehead atoms. The second-order valence-corrected chi connectivity index (χ2v) is 6.21. The number of hydrogen-bond acceptors (Lipinski definition) is 3. The predicted molar refractivity (Wildman–Crippen MR) is 68.4 cm³/mol. The summed E-state index contributed by atoms with van der Waals surface area (Å²) in [7, 11) is -3.64. The van der Waals surface area contributed by atoms with E-state index in [1.54, 1.807) is 12.1 Å². The Bertz CT molecular complexity index is 491. The van der Waals surface area contributed by atoms with Crippen LogP contribution in [0.25, 0.3) is 0 Å². The normalized spacial score (nSPS) is 18.4. The van der Waals surface area contributed by atoms with E-state index in [2.05, 4.69) is 11.8 Å². The Morgan fingerprint density at radius 1 is 1.24 bits per heavy atom. The Morgan fingerprint density at radius 3 is 2.41 bits per heavy atom. The summed E-state index contributed by atoms with van der Waals surface area (Å²) in [5.41, 5.74) is 0.738. The zero-order chi connectivity index (χ0) is 12.5. The molecular formula is C12H18N2O2S. The van der Waals surface area contributed by atoms with Gasteiger partial charge in [0.25, 0.3) is 0 Å². The van der Waals surface area contributed by atoms with Gasteiger partial charge < -0.3 is 4.90 Å². The SMILES string of the molecule is CC1CCN(c2ccccc2S(N)(=O)=O)CC1. The van der Waals surface area contributed by atoms with Crippen LogP contribution in [-0.2, 0) is 10.0 Å². The number of para-hydroxylation sites is 1. The molecule has 0 unspecified atom stereocenters. The summed E-state index contributed by atoms with van der Waals surface area (Å²) in [4.78, 5) is 2.34. The Hall–Kier alpha value is -1.07. The van der Waals surface area contributed by atoms with Crippen molar-refractivity contribution in [3.63, 3.8) is 0 Å². The van der Waals surface area contributed by atoms with E-state index in [0.29, 0.717) is 5.92 Å². The standard InChI is InChI=1S/C12H18N2O2S/c1-10-6-8-14(9-7-10)11-4-2-3-5-12(11)17(13,15)16/h2-5,10H,6-9H2,1H3,(H2,13,15,16). The number of rotatable bonds is 2. The molecule has 0 atom stereocenters. The number of nitrogens with zero attached hydrogens (tertiary/aromatic N) is 1. The Labute approximate surface area is 102 Å². The highest BCUT2D eigenvalue weighted by atomic mass is 32.2. The number of primary sulfonamides is 1. The summed E-state index contributed by atoms with van der Waals surface area (Å²) in [5.74, 6) is 0.716. The van der Waals surface area contributed by atoms with Gasteiger partial charge in [-0.2, -0.15) is 0 Å². The second kappa shape index (κ2) is 4.66. The van der Waals surface area contributed by atoms with Gasteiger partial charge in [-0.05, 0) is 30.9 Å². The van der Waals surface area contributed by atoms with Crippen molar-refractivity contribution >= 4 is 15.7 Å². The van der Waals surface area contributed by atoms with E-state index in [1.165, 1.54) is 0 Å². The first kappa shape index (κ1) is 12.4. The minimum absolute atomic E-state index is 0.231. The number of anilines is 1. The van der Waals surface area contributed by atoms with Crippen LogP contribution in [0.4, 0.5) is 5.69 Å². The van der Waals surface area contributed by atoms with Gasteiger partial charge in [-0.15, -0.1) is 0 Å². The highest BCUT2D eigenvalue weighted by Crippen LogP contribution is 2.28. The molecule has 1 heterocycles. The van der Waals surface area contributed by atoms with Gasteiger partial charge in [-0.3, -0.25) is 0 Å². The third-order valence-electron chi connectivity index (χ3n) is 3.30. The number of benzene rings is 1. The number of nitrogens with two attached hydrogens (primary N) is 1. The first-order valence-electron chi connectivity index (χ1n) is 5.85. The summed E-state index contributed by atoms with van der Waals surface area (Å²) in [6, 6.07) is 6.95. The molecule has 1 aromatic carbocycles. The molecule has 0 saturated carbocycles. The number of sulfonamides is 1. The quantitative estimate of drug-likeness (QED) is 0.871. The highest BCUT2D eigenvalue weighted by Gasteiger charge is 2.21. The van der Waals surface area contributed by atoms with Gasteiger partial charge in [0.05, 0.1) is 5.69 Å². The molecule has 1 aliphatic rings. The van der Waals surface area contributed by atoms with E-state index >= 15 is 0 Å². The van der Waals surface area contributed by atoms with E-state index < -0.39 is 10.0 Å². The Kier molecular flexibility index (Phi) is 3.40. The maximum atomic E-state index is 11.5. The molecule has 1 saturated heterocycles. The van der Waals surface area contributed by atoms with Crippen molar-refractivity contribution < 1.29 is 8.42 Å². The minimum Gasteiger partial charge on any atom is -0.370 e. The third-order valence-corrected chi connectivity index (χ3v) is 4.25. The second-order valence-electron chi connectivity index (χ2n) is 4.68. The first-order chi connectivity index (χ1) is 7.98. The van der Waals surface area contributed by atoms with Crippen LogP contribution < -0.4 is 10.0 Å². The van der Waals surface area contributed by atoms with E-state index in [0.717, 1.165) is 31.6 Å². The minimum atomic E-state index is -3.64. The topological polar surface area (TPSA) is 63.4 Å². The average molecular weight is 254 g/mol. The van der Waals surface area contributed by atoms with Crippen molar-refractivity contribution in [3.05, 3.63) is 24.3 Å². The van der Waals surface area contributed by atoms with Crippen molar-refractivity contribution in [2.24, 2.45) is 11.1 Å². The Balaban J connectivity index is 2.33. The zero-order valence-corrected chi connectivity index (χ0v) is 10.8. The lowest BCUT2D eigenvalue weighted by molar-refractivity contribution is 0.437. The van der Waals surface area contributed by atoms with Gasteiger partial charge in [0, 0.05) is 13.1 Å². The van der Waals surface area contributed by atoms with Crippen molar-refractivity contribution in [1.29, 1.82) is 0 Å². The van der Waals surface area contributed by atoms with Crippen molar-refractivity contribution in [2.75, 3.05) is 18.0 Å². The molecule has 94 valence electrons. The Morgan fingerprint density at radius 2 is 1.82 bits per heavy atom. The molecule has 1 aliphatic heterocycles. The van der Waals surface area contributed by atoms with Gasteiger partial charge in [-0.1, -0.05) is 19.1 Å². The molecule has 2 N–H and O–H groups in total. The average Bonchev–Trinajstić information content (AvgIpc) is 2.29. The van der Waals surface area contributed by atoms with Crippen molar-refractivity contribution in [1.82, 2.24) is 0 Å². The summed E-state index contributed by atoms with van der Waals surface area (Å²) in [5, 5.41) is 5.24. The molecule has 2 rings (SSSR count). The van der Waals surface area contributed by atoms with Crippen LogP contribution in [0.15, 0.2) is 29.2 Å². The maximum absolute atomic E-state index is 11.5. The highest BCUT2D eigenvalue weighted by molar-refractivity contribution is 7.89. The fourth-order valence-corrected chi connectivity index (χ4v) is 2.97. The van der Waals surface area contributed by atoms with Crippen LogP contribution in [0.2, 0.25) is 0 Å². The van der Waals surface area contributed by atoms with Crippen LogP contribution in [0.3, 0.4) is 0 Å². The number of piperidine rings is 1. The van der Waals surface area contributed by atoms with Gasteiger partial charge in [0.2, 0.25) is 10.0 Å². The van der Waals surface area contributed by atoms with Crippen LogP contribution in [0, 0.1) is 5.92 Å². The van der Waals surface area contributed by atoms with E-state index in [4.69, 9.17) is 5.14 Å². The van der Waals surface area contributed by atoms with Crippen molar-refractivity contribution in [2.45, 2.75) is 24.7 Å². The van der Waals surface area contributed by atoms with E-state index in [-0.39, 0.29) is 4.90 Å². The molecular weight excluding hydrogens is 236 g/mol. The molecule has 5 heteroatoms. The third kappa shape index (κ3) is 2.79. The van der Waals surface area contributed by atoms with Crippen LogP contribution in [-0.4, -0.2) is 21.5 Å². The van der Waals surface area contributed by atoms with E-state index in [9.17, 15) is 8.42 Å². The van der Waals surface area contributed by atoms with Gasteiger partial charge >= 0.3 is 0 Å². The molecule has 1 fully saturated rings. The summed E-state index contributed by atoms with van der Waals surface area (Å²) in [6.07, 6.45) is 2.19. The number of hydrogen-bond donors (Lipinski definition) is 1. The molecule has 0 radical (unpaired) electrons. The zero-order valence-electron chi connectivity index (χ0n) is 9.96. The molecule has 1 aromatic rings.